The Bertz CT molecular complexity index is 1060. The van der Waals surface area contributed by atoms with Crippen LogP contribution in [0.5, 0.6) is 17.2 Å². The quantitative estimate of drug-likeness (QED) is 0.586. The molecule has 1 heterocycles. The lowest BCUT2D eigenvalue weighted by molar-refractivity contribution is 0.372. The van der Waals surface area contributed by atoms with Crippen molar-refractivity contribution < 1.29 is 27.2 Å². The van der Waals surface area contributed by atoms with Gasteiger partial charge in [0.25, 0.3) is 10.0 Å². The van der Waals surface area contributed by atoms with Gasteiger partial charge in [-0.2, -0.15) is 0 Å². The zero-order valence-electron chi connectivity index (χ0n) is 15.4. The molecule has 0 bridgehead atoms. The third kappa shape index (κ3) is 3.79. The molecule has 0 saturated heterocycles. The maximum Gasteiger partial charge on any atom is 0.270 e. The number of ether oxygens (including phenoxy) is 3. The van der Waals surface area contributed by atoms with E-state index in [1.165, 1.54) is 21.3 Å². The Morgan fingerprint density at radius 1 is 1.07 bits per heavy atom. The minimum Gasteiger partial charge on any atom is -0.496 e. The van der Waals surface area contributed by atoms with E-state index in [4.69, 9.17) is 24.5 Å². The van der Waals surface area contributed by atoms with E-state index in [0.717, 1.165) is 0 Å². The van der Waals surface area contributed by atoms with Gasteiger partial charge < -0.3 is 24.5 Å². The molecule has 0 aliphatic heterocycles. The van der Waals surface area contributed by atoms with Crippen LogP contribution in [-0.2, 0) is 16.6 Å². The zero-order valence-corrected chi connectivity index (χ0v) is 17.0. The Hall–Kier alpha value is -2.69. The highest BCUT2D eigenvalue weighted by Crippen LogP contribution is 2.38. The summed E-state index contributed by atoms with van der Waals surface area (Å²) in [7, 11) is 0.0683. The van der Waals surface area contributed by atoms with E-state index in [0.29, 0.717) is 22.3 Å². The largest absolute Gasteiger partial charge is 0.496 e. The number of benzene rings is 2. The molecule has 11 heteroatoms. The number of rotatable bonds is 7. The average Bonchev–Trinajstić information content (AvgIpc) is 3.08. The molecule has 0 unspecified atom stereocenters. The molecule has 0 radical (unpaired) electrons. The van der Waals surface area contributed by atoms with Crippen LogP contribution in [0.15, 0.2) is 39.8 Å². The van der Waals surface area contributed by atoms with E-state index in [1.807, 2.05) is 0 Å². The fraction of sp³-hybridized carbons (Fsp3) is 0.235. The lowest BCUT2D eigenvalue weighted by Crippen LogP contribution is -2.16. The van der Waals surface area contributed by atoms with Crippen LogP contribution in [0.4, 0.5) is 5.82 Å². The summed E-state index contributed by atoms with van der Waals surface area (Å²) in [4.78, 5) is -0.171. The van der Waals surface area contributed by atoms with Gasteiger partial charge in [-0.1, -0.05) is 11.2 Å². The molecule has 3 aromatic rings. The third-order valence-electron chi connectivity index (χ3n) is 3.94. The SMILES string of the molecule is COc1cc(CN)cc(OC)c1S(=O)(=O)Nc1noc2cccc(OC)c12.Cl. The Balaban J connectivity index is 0.00000280. The first-order chi connectivity index (χ1) is 12.9. The van der Waals surface area contributed by atoms with Gasteiger partial charge in [-0.05, 0) is 29.8 Å². The number of nitrogens with zero attached hydrogens (tertiary/aromatic N) is 1. The van der Waals surface area contributed by atoms with E-state index in [1.54, 1.807) is 30.3 Å². The number of methoxy groups -OCH3 is 3. The van der Waals surface area contributed by atoms with Crippen molar-refractivity contribution in [2.75, 3.05) is 26.1 Å². The normalized spacial score (nSPS) is 11.0. The molecule has 0 aliphatic carbocycles. The smallest absolute Gasteiger partial charge is 0.270 e. The number of fused-ring (bicyclic) bond motifs is 1. The lowest BCUT2D eigenvalue weighted by atomic mass is 10.2. The fourth-order valence-electron chi connectivity index (χ4n) is 2.70. The van der Waals surface area contributed by atoms with Crippen molar-refractivity contribution in [3.05, 3.63) is 35.9 Å². The molecule has 152 valence electrons. The van der Waals surface area contributed by atoms with Crippen molar-refractivity contribution in [2.24, 2.45) is 5.73 Å². The lowest BCUT2D eigenvalue weighted by Gasteiger charge is -2.15. The second-order valence-corrected chi connectivity index (χ2v) is 7.12. The van der Waals surface area contributed by atoms with Crippen molar-refractivity contribution in [3.63, 3.8) is 0 Å². The number of nitrogens with two attached hydrogens (primary N) is 1. The van der Waals surface area contributed by atoms with Crippen LogP contribution in [0.2, 0.25) is 0 Å². The molecule has 0 spiro atoms. The summed E-state index contributed by atoms with van der Waals surface area (Å²) < 4.78 is 49.5. The van der Waals surface area contributed by atoms with Crippen molar-refractivity contribution >= 4 is 39.2 Å². The van der Waals surface area contributed by atoms with Gasteiger partial charge >= 0.3 is 0 Å². The van der Waals surface area contributed by atoms with E-state index in [2.05, 4.69) is 9.88 Å². The van der Waals surface area contributed by atoms with Crippen LogP contribution in [-0.4, -0.2) is 34.9 Å². The molecule has 0 amide bonds. The van der Waals surface area contributed by atoms with Gasteiger partial charge in [0.05, 0.1) is 21.3 Å². The summed E-state index contributed by atoms with van der Waals surface area (Å²) in [5, 5.41) is 4.22. The number of aromatic nitrogens is 1. The number of nitrogens with one attached hydrogen (secondary N) is 1. The number of halogens is 1. The molecule has 0 fully saturated rings. The highest BCUT2D eigenvalue weighted by molar-refractivity contribution is 7.93. The van der Waals surface area contributed by atoms with Gasteiger partial charge in [0, 0.05) is 6.54 Å². The first kappa shape index (κ1) is 21.6. The van der Waals surface area contributed by atoms with E-state index in [9.17, 15) is 8.42 Å². The summed E-state index contributed by atoms with van der Waals surface area (Å²) in [6, 6.07) is 8.12. The van der Waals surface area contributed by atoms with Crippen LogP contribution in [0, 0.1) is 0 Å². The van der Waals surface area contributed by atoms with E-state index in [-0.39, 0.29) is 41.2 Å². The van der Waals surface area contributed by atoms with E-state index < -0.39 is 10.0 Å². The van der Waals surface area contributed by atoms with Crippen molar-refractivity contribution in [2.45, 2.75) is 11.4 Å². The number of hydrogen-bond acceptors (Lipinski definition) is 8. The molecule has 1 aromatic heterocycles. The van der Waals surface area contributed by atoms with Crippen LogP contribution >= 0.6 is 12.4 Å². The zero-order chi connectivity index (χ0) is 19.6. The Kier molecular flexibility index (Phi) is 6.60. The summed E-state index contributed by atoms with van der Waals surface area (Å²) in [5.74, 6) is 0.613. The first-order valence-electron chi connectivity index (χ1n) is 7.85. The van der Waals surface area contributed by atoms with Crippen molar-refractivity contribution in [3.8, 4) is 17.2 Å². The van der Waals surface area contributed by atoms with Gasteiger partial charge in [-0.3, -0.25) is 4.72 Å². The molecule has 0 saturated carbocycles. The second-order valence-electron chi connectivity index (χ2n) is 5.50. The maximum atomic E-state index is 13.1. The number of sulfonamides is 1. The molecular formula is C17H20ClN3O6S. The highest BCUT2D eigenvalue weighted by Gasteiger charge is 2.28. The standard InChI is InChI=1S/C17H19N3O6S.ClH/c1-23-11-5-4-6-12-15(11)17(19-26-12)20-27(21,22)16-13(24-2)7-10(9-18)8-14(16)25-3;/h4-8H,9,18H2,1-3H3,(H,19,20);1H. The molecule has 9 nitrogen and oxygen atoms in total. The van der Waals surface area contributed by atoms with Gasteiger partial charge in [0.15, 0.2) is 16.3 Å². The topological polar surface area (TPSA) is 126 Å². The highest BCUT2D eigenvalue weighted by atomic mass is 35.5. The van der Waals surface area contributed by atoms with Crippen LogP contribution in [0.3, 0.4) is 0 Å². The van der Waals surface area contributed by atoms with Crippen molar-refractivity contribution in [1.82, 2.24) is 5.16 Å². The average molecular weight is 430 g/mol. The Labute approximate surface area is 168 Å². The van der Waals surface area contributed by atoms with Gasteiger partial charge in [0.1, 0.15) is 22.6 Å². The van der Waals surface area contributed by atoms with Gasteiger partial charge in [-0.25, -0.2) is 8.42 Å². The van der Waals surface area contributed by atoms with Crippen LogP contribution < -0.4 is 24.7 Å². The molecule has 0 atom stereocenters. The fourth-order valence-corrected chi connectivity index (χ4v) is 4.01. The monoisotopic (exact) mass is 429 g/mol. The number of anilines is 1. The predicted octanol–water partition coefficient (Wildman–Crippen LogP) is 2.53. The predicted molar refractivity (Wildman–Crippen MR) is 106 cm³/mol. The van der Waals surface area contributed by atoms with Gasteiger partial charge in [-0.15, -0.1) is 12.4 Å². The summed E-state index contributed by atoms with van der Waals surface area (Å²) >= 11 is 0. The van der Waals surface area contributed by atoms with Crippen LogP contribution in [0.1, 0.15) is 5.56 Å². The van der Waals surface area contributed by atoms with Gasteiger partial charge in [0.2, 0.25) is 0 Å². The van der Waals surface area contributed by atoms with Crippen molar-refractivity contribution in [1.29, 1.82) is 0 Å². The maximum absolute atomic E-state index is 13.1. The first-order valence-corrected chi connectivity index (χ1v) is 9.33. The number of hydrogen-bond donors (Lipinski definition) is 2. The Morgan fingerprint density at radius 2 is 1.68 bits per heavy atom. The molecule has 3 rings (SSSR count). The molecule has 3 N–H and O–H groups in total. The van der Waals surface area contributed by atoms with Crippen LogP contribution in [0.25, 0.3) is 11.0 Å². The molecule has 0 aliphatic rings. The minimum atomic E-state index is -4.13. The third-order valence-corrected chi connectivity index (χ3v) is 5.34. The van der Waals surface area contributed by atoms with E-state index >= 15 is 0 Å². The summed E-state index contributed by atoms with van der Waals surface area (Å²) in [5.41, 5.74) is 6.69. The molecule has 28 heavy (non-hydrogen) atoms. The second kappa shape index (κ2) is 8.55. The summed E-state index contributed by atoms with van der Waals surface area (Å²) in [6.07, 6.45) is 0. The molecule has 2 aromatic carbocycles. The summed E-state index contributed by atoms with van der Waals surface area (Å²) in [6.45, 7) is 0.200. The molecular weight excluding hydrogens is 410 g/mol. The Morgan fingerprint density at radius 3 is 2.21 bits per heavy atom. The minimum absolute atomic E-state index is 0.